The lowest BCUT2D eigenvalue weighted by molar-refractivity contribution is 0.353. The Labute approximate surface area is 106 Å². The second-order valence-electron chi connectivity index (χ2n) is 5.04. The fourth-order valence-corrected chi connectivity index (χ4v) is 2.57. The van der Waals surface area contributed by atoms with Crippen molar-refractivity contribution in [3.05, 3.63) is 35.7 Å². The van der Waals surface area contributed by atoms with Crippen LogP contribution in [0.2, 0.25) is 0 Å². The molecule has 2 aromatic rings. The van der Waals surface area contributed by atoms with Gasteiger partial charge in [0, 0.05) is 17.5 Å². The molecule has 1 aromatic carbocycles. The molecule has 94 valence electrons. The number of hydrogen-bond donors (Lipinski definition) is 1. The summed E-state index contributed by atoms with van der Waals surface area (Å²) in [7, 11) is 0. The molecule has 0 saturated heterocycles. The first-order valence-electron chi connectivity index (χ1n) is 6.39. The maximum Gasteiger partial charge on any atom is 0.230 e. The summed E-state index contributed by atoms with van der Waals surface area (Å²) in [4.78, 5) is 4.52. The van der Waals surface area contributed by atoms with Crippen LogP contribution in [0.15, 0.2) is 28.8 Å². The van der Waals surface area contributed by atoms with Crippen molar-refractivity contribution in [3.63, 3.8) is 0 Å². The van der Waals surface area contributed by atoms with Gasteiger partial charge in [-0.05, 0) is 31.7 Å². The second-order valence-corrected chi connectivity index (χ2v) is 5.04. The molecule has 1 heterocycles. The molecule has 18 heavy (non-hydrogen) atoms. The van der Waals surface area contributed by atoms with Gasteiger partial charge in [0.1, 0.15) is 0 Å². The average Bonchev–Trinajstić information content (AvgIpc) is 2.98. The first kappa shape index (κ1) is 11.4. The van der Waals surface area contributed by atoms with Gasteiger partial charge in [-0.15, -0.1) is 0 Å². The van der Waals surface area contributed by atoms with E-state index in [1.54, 1.807) is 0 Å². The molecule has 4 nitrogen and oxygen atoms in total. The van der Waals surface area contributed by atoms with Crippen LogP contribution in [0.3, 0.4) is 0 Å². The minimum atomic E-state index is 0.281. The monoisotopic (exact) mass is 243 g/mol. The van der Waals surface area contributed by atoms with Crippen molar-refractivity contribution in [2.75, 3.05) is 0 Å². The average molecular weight is 243 g/mol. The third-order valence-electron chi connectivity index (χ3n) is 3.65. The van der Waals surface area contributed by atoms with Crippen molar-refractivity contribution in [2.24, 2.45) is 5.73 Å². The van der Waals surface area contributed by atoms with E-state index < -0.39 is 0 Å². The minimum Gasteiger partial charge on any atom is -0.339 e. The SMILES string of the molecule is Cc1ccccc1-c1noc([C@H]2CC[C@H](N)C2)n1. The van der Waals surface area contributed by atoms with E-state index in [1.165, 1.54) is 0 Å². The highest BCUT2D eigenvalue weighted by Gasteiger charge is 2.28. The first-order valence-corrected chi connectivity index (χ1v) is 6.39. The van der Waals surface area contributed by atoms with E-state index in [4.69, 9.17) is 10.3 Å². The zero-order valence-corrected chi connectivity index (χ0v) is 10.5. The lowest BCUT2D eigenvalue weighted by Gasteiger charge is -2.01. The number of nitrogens with zero attached hydrogens (tertiary/aromatic N) is 2. The predicted molar refractivity (Wildman–Crippen MR) is 69.0 cm³/mol. The van der Waals surface area contributed by atoms with Crippen LogP contribution >= 0.6 is 0 Å². The van der Waals surface area contributed by atoms with Crippen LogP contribution in [0, 0.1) is 6.92 Å². The first-order chi connectivity index (χ1) is 8.74. The van der Waals surface area contributed by atoms with E-state index in [1.807, 2.05) is 18.2 Å². The maximum atomic E-state index is 5.91. The van der Waals surface area contributed by atoms with Crippen molar-refractivity contribution in [1.82, 2.24) is 10.1 Å². The molecule has 1 aliphatic carbocycles. The summed E-state index contributed by atoms with van der Waals surface area (Å²) in [5.41, 5.74) is 8.11. The topological polar surface area (TPSA) is 64.9 Å². The zero-order valence-electron chi connectivity index (χ0n) is 10.5. The number of hydrogen-bond acceptors (Lipinski definition) is 4. The molecule has 0 radical (unpaired) electrons. The van der Waals surface area contributed by atoms with Crippen LogP contribution in [0.25, 0.3) is 11.4 Å². The number of aryl methyl sites for hydroxylation is 1. The van der Waals surface area contributed by atoms with Crippen LogP contribution in [0.5, 0.6) is 0 Å². The third-order valence-corrected chi connectivity index (χ3v) is 3.65. The summed E-state index contributed by atoms with van der Waals surface area (Å²) < 4.78 is 5.39. The van der Waals surface area contributed by atoms with Crippen molar-refractivity contribution in [3.8, 4) is 11.4 Å². The highest BCUT2D eigenvalue weighted by Crippen LogP contribution is 2.33. The molecule has 1 fully saturated rings. The Morgan fingerprint density at radius 2 is 2.11 bits per heavy atom. The Morgan fingerprint density at radius 3 is 2.83 bits per heavy atom. The van der Waals surface area contributed by atoms with Crippen molar-refractivity contribution < 1.29 is 4.52 Å². The summed E-state index contributed by atoms with van der Waals surface area (Å²) in [6.07, 6.45) is 3.05. The molecule has 2 N–H and O–H groups in total. The van der Waals surface area contributed by atoms with Crippen LogP contribution in [0.4, 0.5) is 0 Å². The molecule has 0 bridgehead atoms. The van der Waals surface area contributed by atoms with E-state index in [0.29, 0.717) is 11.7 Å². The van der Waals surface area contributed by atoms with Gasteiger partial charge in [-0.25, -0.2) is 0 Å². The van der Waals surface area contributed by atoms with Crippen LogP contribution in [0.1, 0.15) is 36.6 Å². The van der Waals surface area contributed by atoms with Gasteiger partial charge in [0.2, 0.25) is 11.7 Å². The predicted octanol–water partition coefficient (Wildman–Crippen LogP) is 2.64. The number of nitrogens with two attached hydrogens (primary N) is 1. The number of benzene rings is 1. The summed E-state index contributed by atoms with van der Waals surface area (Å²) >= 11 is 0. The normalized spacial score (nSPS) is 23.4. The molecule has 0 amide bonds. The highest BCUT2D eigenvalue weighted by atomic mass is 16.5. The Balaban J connectivity index is 1.88. The Hall–Kier alpha value is -1.68. The fraction of sp³-hybridized carbons (Fsp3) is 0.429. The van der Waals surface area contributed by atoms with Gasteiger partial charge in [-0.3, -0.25) is 0 Å². The second kappa shape index (κ2) is 4.53. The van der Waals surface area contributed by atoms with E-state index in [9.17, 15) is 0 Å². The van der Waals surface area contributed by atoms with E-state index in [0.717, 1.165) is 36.3 Å². The van der Waals surface area contributed by atoms with Gasteiger partial charge >= 0.3 is 0 Å². The molecule has 3 rings (SSSR count). The summed E-state index contributed by atoms with van der Waals surface area (Å²) in [6, 6.07) is 8.35. The van der Waals surface area contributed by atoms with E-state index >= 15 is 0 Å². The molecule has 0 aliphatic heterocycles. The standard InChI is InChI=1S/C14H17N3O/c1-9-4-2-3-5-12(9)13-16-14(18-17-13)10-6-7-11(15)8-10/h2-5,10-11H,6-8,15H2,1H3/t10-,11-/m0/s1. The molecular formula is C14H17N3O. The van der Waals surface area contributed by atoms with E-state index in [2.05, 4.69) is 23.1 Å². The summed E-state index contributed by atoms with van der Waals surface area (Å²) in [6.45, 7) is 2.05. The van der Waals surface area contributed by atoms with Gasteiger partial charge in [-0.2, -0.15) is 4.98 Å². The summed E-state index contributed by atoms with van der Waals surface area (Å²) in [5, 5.41) is 4.09. The Morgan fingerprint density at radius 1 is 1.28 bits per heavy atom. The molecule has 0 spiro atoms. The van der Waals surface area contributed by atoms with Gasteiger partial charge in [0.05, 0.1) is 0 Å². The molecule has 0 unspecified atom stereocenters. The molecule has 1 aliphatic rings. The summed E-state index contributed by atoms with van der Waals surface area (Å²) in [5.74, 6) is 1.76. The molecule has 1 saturated carbocycles. The smallest absolute Gasteiger partial charge is 0.230 e. The van der Waals surface area contributed by atoms with E-state index in [-0.39, 0.29) is 6.04 Å². The lowest BCUT2D eigenvalue weighted by Crippen LogP contribution is -2.14. The minimum absolute atomic E-state index is 0.281. The van der Waals surface area contributed by atoms with Crippen molar-refractivity contribution in [1.29, 1.82) is 0 Å². The molecule has 1 aromatic heterocycles. The van der Waals surface area contributed by atoms with Crippen molar-refractivity contribution in [2.45, 2.75) is 38.1 Å². The van der Waals surface area contributed by atoms with Crippen LogP contribution in [-0.2, 0) is 0 Å². The number of aromatic nitrogens is 2. The quantitative estimate of drug-likeness (QED) is 0.880. The molecular weight excluding hydrogens is 226 g/mol. The van der Waals surface area contributed by atoms with Crippen LogP contribution < -0.4 is 5.73 Å². The van der Waals surface area contributed by atoms with Crippen molar-refractivity contribution >= 4 is 0 Å². The number of rotatable bonds is 2. The largest absolute Gasteiger partial charge is 0.339 e. The van der Waals surface area contributed by atoms with Gasteiger partial charge < -0.3 is 10.3 Å². The Kier molecular flexibility index (Phi) is 2.88. The van der Waals surface area contributed by atoms with Gasteiger partial charge in [0.15, 0.2) is 0 Å². The fourth-order valence-electron chi connectivity index (χ4n) is 2.57. The zero-order chi connectivity index (χ0) is 12.5. The third kappa shape index (κ3) is 2.04. The van der Waals surface area contributed by atoms with Gasteiger partial charge in [-0.1, -0.05) is 29.4 Å². The maximum absolute atomic E-state index is 5.91. The van der Waals surface area contributed by atoms with Crippen LogP contribution in [-0.4, -0.2) is 16.2 Å². The highest BCUT2D eigenvalue weighted by molar-refractivity contribution is 5.58. The lowest BCUT2D eigenvalue weighted by atomic mass is 10.1. The molecule has 2 atom stereocenters. The molecule has 4 heteroatoms. The Bertz CT molecular complexity index is 549. The van der Waals surface area contributed by atoms with Gasteiger partial charge in [0.25, 0.3) is 0 Å².